The van der Waals surface area contributed by atoms with Gasteiger partial charge >= 0.3 is 11.9 Å². The van der Waals surface area contributed by atoms with Crippen molar-refractivity contribution in [1.82, 2.24) is 4.57 Å². The highest BCUT2D eigenvalue weighted by atomic mass is 79.9. The van der Waals surface area contributed by atoms with Crippen LogP contribution in [0, 0.1) is 0 Å². The van der Waals surface area contributed by atoms with E-state index in [1.54, 1.807) is 25.1 Å². The number of hydrogen-bond donors (Lipinski definition) is 0. The number of fused-ring (bicyclic) bond motifs is 1. The van der Waals surface area contributed by atoms with Crippen LogP contribution in [0.4, 0.5) is 0 Å². The number of ether oxygens (including phenoxy) is 2. The van der Waals surface area contributed by atoms with E-state index in [2.05, 4.69) is 31.9 Å². The fourth-order valence-corrected chi connectivity index (χ4v) is 6.80. The Balaban J connectivity index is 1.83. The molecule has 1 aliphatic rings. The summed E-state index contributed by atoms with van der Waals surface area (Å²) in [5.41, 5.74) is 2.39. The molecule has 1 atom stereocenters. The highest BCUT2D eigenvalue weighted by Gasteiger charge is 2.35. The number of hydrogen-bond acceptors (Lipinski definition) is 7. The third-order valence-electron chi connectivity index (χ3n) is 6.06. The first kappa shape index (κ1) is 27.9. The van der Waals surface area contributed by atoms with Crippen LogP contribution in [0.3, 0.4) is 0 Å². The van der Waals surface area contributed by atoms with Crippen LogP contribution in [0.25, 0.3) is 11.8 Å². The second-order valence-electron chi connectivity index (χ2n) is 8.74. The van der Waals surface area contributed by atoms with Crippen molar-refractivity contribution in [2.75, 3.05) is 6.61 Å². The summed E-state index contributed by atoms with van der Waals surface area (Å²) in [5.74, 6) is -0.741. The van der Waals surface area contributed by atoms with Gasteiger partial charge in [-0.2, -0.15) is 0 Å². The highest BCUT2D eigenvalue weighted by molar-refractivity contribution is 9.11. The smallest absolute Gasteiger partial charge is 0.338 e. The predicted molar refractivity (Wildman–Crippen MR) is 161 cm³/mol. The van der Waals surface area contributed by atoms with Gasteiger partial charge in [0.15, 0.2) is 10.6 Å². The van der Waals surface area contributed by atoms with Crippen LogP contribution in [0.15, 0.2) is 97.1 Å². The lowest BCUT2D eigenvalue weighted by molar-refractivity contribution is -0.139. The van der Waals surface area contributed by atoms with E-state index >= 15 is 0 Å². The molecule has 202 valence electrons. The van der Waals surface area contributed by atoms with Crippen molar-refractivity contribution in [1.29, 1.82) is 0 Å². The lowest BCUT2D eigenvalue weighted by Gasteiger charge is -2.25. The number of nitrogens with zero attached hydrogens (tertiary/aromatic N) is 2. The van der Waals surface area contributed by atoms with E-state index in [0.717, 1.165) is 15.6 Å². The van der Waals surface area contributed by atoms with Crippen molar-refractivity contribution in [3.63, 3.8) is 0 Å². The van der Waals surface area contributed by atoms with Gasteiger partial charge in [-0.05, 0) is 46.6 Å². The molecule has 0 fully saturated rings. The van der Waals surface area contributed by atoms with E-state index in [-0.39, 0.29) is 17.7 Å². The monoisotopic (exact) mass is 680 g/mol. The summed E-state index contributed by atoms with van der Waals surface area (Å²) in [7, 11) is 0. The Morgan fingerprint density at radius 3 is 2.38 bits per heavy atom. The van der Waals surface area contributed by atoms with E-state index in [9.17, 15) is 14.4 Å². The molecule has 4 aromatic rings. The van der Waals surface area contributed by atoms with Crippen LogP contribution < -0.4 is 19.6 Å². The van der Waals surface area contributed by atoms with Crippen molar-refractivity contribution in [2.45, 2.75) is 19.9 Å². The number of esters is 2. The number of thiazole rings is 1. The van der Waals surface area contributed by atoms with Crippen LogP contribution in [0.1, 0.15) is 36.6 Å². The van der Waals surface area contributed by atoms with Gasteiger partial charge in [0.05, 0.1) is 32.9 Å². The van der Waals surface area contributed by atoms with Gasteiger partial charge in [0.2, 0.25) is 0 Å². The summed E-state index contributed by atoms with van der Waals surface area (Å²) >= 11 is 8.10. The molecule has 0 N–H and O–H groups in total. The molecule has 2 heterocycles. The van der Waals surface area contributed by atoms with Gasteiger partial charge in [0, 0.05) is 22.5 Å². The van der Waals surface area contributed by atoms with Gasteiger partial charge in [-0.15, -0.1) is 0 Å². The first-order valence-corrected chi connectivity index (χ1v) is 14.7. The quantitative estimate of drug-likeness (QED) is 0.201. The topological polar surface area (TPSA) is 87.0 Å². The number of carbonyl (C=O) groups excluding carboxylic acids is 2. The zero-order valence-corrected chi connectivity index (χ0v) is 25.4. The van der Waals surface area contributed by atoms with Gasteiger partial charge < -0.3 is 9.47 Å². The van der Waals surface area contributed by atoms with Crippen molar-refractivity contribution < 1.29 is 19.1 Å². The first-order chi connectivity index (χ1) is 19.3. The SMILES string of the molecule is CCOC(=O)C1=C(c2ccccc2)N=c2s/c(=C\c3cc(Br)cc(Br)c3OC(C)=O)c(=O)n2[C@@H]1c1ccccc1. The standard InChI is InChI=1S/C30H22Br2N2O5S/c1-3-38-29(37)24-25(18-10-6-4-7-11-18)33-30-34(26(24)19-12-8-5-9-13-19)28(36)23(40-30)15-20-14-21(31)16-22(32)27(20)39-17(2)35/h4-16,26H,3H2,1-2H3/b23-15-/t26-/m1/s1. The van der Waals surface area contributed by atoms with Crippen LogP contribution in [-0.4, -0.2) is 23.1 Å². The summed E-state index contributed by atoms with van der Waals surface area (Å²) in [6, 6.07) is 21.5. The lowest BCUT2D eigenvalue weighted by Crippen LogP contribution is -2.40. The number of rotatable bonds is 6. The number of benzene rings is 3. The molecule has 0 spiro atoms. The molecule has 40 heavy (non-hydrogen) atoms. The molecule has 1 aliphatic heterocycles. The number of carbonyl (C=O) groups is 2. The van der Waals surface area contributed by atoms with Crippen molar-refractivity contribution in [3.8, 4) is 5.75 Å². The summed E-state index contributed by atoms with van der Waals surface area (Å²) in [6.45, 7) is 3.23. The molecule has 0 saturated carbocycles. The summed E-state index contributed by atoms with van der Waals surface area (Å²) in [6.07, 6.45) is 1.66. The van der Waals surface area contributed by atoms with Crippen molar-refractivity contribution >= 4 is 66.9 Å². The Bertz CT molecular complexity index is 1830. The predicted octanol–water partition coefficient (Wildman–Crippen LogP) is 5.39. The Morgan fingerprint density at radius 2 is 1.73 bits per heavy atom. The minimum atomic E-state index is -0.768. The Morgan fingerprint density at radius 1 is 1.05 bits per heavy atom. The second-order valence-corrected chi connectivity index (χ2v) is 11.5. The maximum Gasteiger partial charge on any atom is 0.338 e. The largest absolute Gasteiger partial charge is 0.463 e. The van der Waals surface area contributed by atoms with Crippen LogP contribution in [0.5, 0.6) is 5.75 Å². The average molecular weight is 682 g/mol. The number of aromatic nitrogens is 1. The zero-order chi connectivity index (χ0) is 28.4. The van der Waals surface area contributed by atoms with Crippen LogP contribution >= 0.6 is 43.2 Å². The highest BCUT2D eigenvalue weighted by Crippen LogP contribution is 2.36. The number of halogens is 2. The Kier molecular flexibility index (Phi) is 8.30. The third-order valence-corrected chi connectivity index (χ3v) is 8.09. The van der Waals surface area contributed by atoms with E-state index in [4.69, 9.17) is 14.5 Å². The first-order valence-electron chi connectivity index (χ1n) is 12.3. The maximum atomic E-state index is 14.1. The molecule has 0 unspecified atom stereocenters. The minimum absolute atomic E-state index is 0.174. The molecule has 3 aromatic carbocycles. The molecule has 1 aromatic heterocycles. The molecule has 5 rings (SSSR count). The summed E-state index contributed by atoms with van der Waals surface area (Å²) < 4.78 is 14.1. The fourth-order valence-electron chi connectivity index (χ4n) is 4.47. The van der Waals surface area contributed by atoms with E-state index < -0.39 is 18.0 Å². The molecule has 0 bridgehead atoms. The normalized spacial score (nSPS) is 14.9. The van der Waals surface area contributed by atoms with E-state index in [0.29, 0.717) is 30.8 Å². The van der Waals surface area contributed by atoms with E-state index in [1.165, 1.54) is 22.8 Å². The van der Waals surface area contributed by atoms with Crippen LogP contribution in [0.2, 0.25) is 0 Å². The minimum Gasteiger partial charge on any atom is -0.463 e. The molecule has 0 amide bonds. The molecule has 0 saturated heterocycles. The van der Waals surface area contributed by atoms with Gasteiger partial charge in [-0.3, -0.25) is 14.2 Å². The van der Waals surface area contributed by atoms with Crippen molar-refractivity contribution in [3.05, 3.63) is 124 Å². The molecule has 7 nitrogen and oxygen atoms in total. The van der Waals surface area contributed by atoms with E-state index in [1.807, 2.05) is 60.7 Å². The maximum absolute atomic E-state index is 14.1. The van der Waals surface area contributed by atoms with Gasteiger partial charge in [-0.1, -0.05) is 87.9 Å². The lowest BCUT2D eigenvalue weighted by atomic mass is 9.93. The van der Waals surface area contributed by atoms with Gasteiger partial charge in [0.1, 0.15) is 0 Å². The third kappa shape index (κ3) is 5.52. The molecule has 0 radical (unpaired) electrons. The Hall–Kier alpha value is -3.60. The van der Waals surface area contributed by atoms with Gasteiger partial charge in [-0.25, -0.2) is 9.79 Å². The van der Waals surface area contributed by atoms with Gasteiger partial charge in [0.25, 0.3) is 5.56 Å². The zero-order valence-electron chi connectivity index (χ0n) is 21.4. The molecular weight excluding hydrogens is 660 g/mol. The summed E-state index contributed by atoms with van der Waals surface area (Å²) in [5, 5.41) is 0. The Labute approximate surface area is 250 Å². The molecule has 0 aliphatic carbocycles. The molecule has 10 heteroatoms. The molecular formula is C30H22Br2N2O5S. The van der Waals surface area contributed by atoms with Crippen molar-refractivity contribution in [2.24, 2.45) is 4.99 Å². The fraction of sp³-hybridized carbons (Fsp3) is 0.133. The van der Waals surface area contributed by atoms with Crippen LogP contribution in [-0.2, 0) is 14.3 Å². The second kappa shape index (κ2) is 11.9. The average Bonchev–Trinajstić information content (AvgIpc) is 3.25. The summed E-state index contributed by atoms with van der Waals surface area (Å²) in [4.78, 5) is 44.6.